The molecule has 0 aromatic carbocycles. The predicted molar refractivity (Wildman–Crippen MR) is 77.3 cm³/mol. The highest BCUT2D eigenvalue weighted by Gasteiger charge is 2.49. The maximum Gasteiger partial charge on any atom is 0.346 e. The van der Waals surface area contributed by atoms with Crippen LogP contribution in [0.3, 0.4) is 0 Å². The average Bonchev–Trinajstić information content (AvgIpc) is 2.48. The zero-order chi connectivity index (χ0) is 14.2. The van der Waals surface area contributed by atoms with E-state index in [4.69, 9.17) is 5.73 Å². The van der Waals surface area contributed by atoms with E-state index in [1.807, 2.05) is 18.7 Å². The Bertz CT molecular complexity index is 391. The molecule has 1 unspecified atom stereocenters. The molecule has 2 aliphatic rings. The number of rotatable bonds is 2. The monoisotopic (exact) mass is 266 g/mol. The molecule has 1 saturated heterocycles. The summed E-state index contributed by atoms with van der Waals surface area (Å²) in [6.45, 7) is 10.6. The number of amidine groups is 1. The first-order valence-corrected chi connectivity index (χ1v) is 7.30. The molecule has 2 amide bonds. The third-order valence-electron chi connectivity index (χ3n) is 4.46. The molecule has 19 heavy (non-hydrogen) atoms. The molecule has 0 aliphatic carbocycles. The van der Waals surface area contributed by atoms with Crippen LogP contribution in [0.4, 0.5) is 4.79 Å². The van der Waals surface area contributed by atoms with Crippen LogP contribution in [0, 0.1) is 0 Å². The fourth-order valence-corrected chi connectivity index (χ4v) is 3.44. The van der Waals surface area contributed by atoms with Crippen LogP contribution in [0.25, 0.3) is 0 Å². The van der Waals surface area contributed by atoms with Crippen molar-refractivity contribution in [2.75, 3.05) is 13.1 Å². The smallest absolute Gasteiger partial charge is 0.346 e. The standard InChI is InChI=1S/C14H26N4O/c1-10(2)17-8-5-6-14(7-9-17)12(15)16-13(19)18(14)11(3)4/h10-11H,5-9H2,1-4H3,(H2,15,16,19). The second kappa shape index (κ2) is 5.12. The van der Waals surface area contributed by atoms with Gasteiger partial charge in [-0.3, -0.25) is 0 Å². The van der Waals surface area contributed by atoms with Gasteiger partial charge < -0.3 is 15.5 Å². The van der Waals surface area contributed by atoms with Crippen molar-refractivity contribution >= 4 is 11.9 Å². The Hall–Kier alpha value is -1.10. The van der Waals surface area contributed by atoms with E-state index in [9.17, 15) is 4.79 Å². The van der Waals surface area contributed by atoms with Crippen LogP contribution in [-0.4, -0.2) is 52.4 Å². The molecule has 2 N–H and O–H groups in total. The first-order chi connectivity index (χ1) is 8.88. The molecular formula is C14H26N4O. The van der Waals surface area contributed by atoms with Gasteiger partial charge in [0.25, 0.3) is 0 Å². The van der Waals surface area contributed by atoms with E-state index < -0.39 is 0 Å². The van der Waals surface area contributed by atoms with Gasteiger partial charge in [0, 0.05) is 18.6 Å². The molecule has 0 aromatic rings. The molecule has 1 spiro atoms. The third kappa shape index (κ3) is 2.36. The maximum atomic E-state index is 12.1. The largest absolute Gasteiger partial charge is 0.385 e. The van der Waals surface area contributed by atoms with Crippen molar-refractivity contribution in [2.45, 2.75) is 64.6 Å². The number of urea groups is 1. The summed E-state index contributed by atoms with van der Waals surface area (Å²) < 4.78 is 0. The number of nitrogens with two attached hydrogens (primary N) is 1. The van der Waals surface area contributed by atoms with Crippen LogP contribution in [0.5, 0.6) is 0 Å². The number of hydrogen-bond donors (Lipinski definition) is 1. The minimum absolute atomic E-state index is 0.142. The molecule has 1 atom stereocenters. The molecule has 0 saturated carbocycles. The van der Waals surface area contributed by atoms with Gasteiger partial charge in [0.05, 0.1) is 0 Å². The van der Waals surface area contributed by atoms with Gasteiger partial charge in [0.15, 0.2) is 0 Å². The van der Waals surface area contributed by atoms with Gasteiger partial charge in [-0.2, -0.15) is 4.99 Å². The number of likely N-dealkylation sites (tertiary alicyclic amines) is 1. The van der Waals surface area contributed by atoms with Gasteiger partial charge in [0.1, 0.15) is 11.4 Å². The third-order valence-corrected chi connectivity index (χ3v) is 4.46. The lowest BCUT2D eigenvalue weighted by Crippen LogP contribution is -2.57. The zero-order valence-corrected chi connectivity index (χ0v) is 12.5. The number of carbonyl (C=O) groups excluding carboxylic acids is 1. The van der Waals surface area contributed by atoms with Crippen LogP contribution in [-0.2, 0) is 0 Å². The maximum absolute atomic E-state index is 12.1. The van der Waals surface area contributed by atoms with Crippen LogP contribution < -0.4 is 5.73 Å². The summed E-state index contributed by atoms with van der Waals surface area (Å²) in [6, 6.07) is 0.520. The van der Waals surface area contributed by atoms with Crippen molar-refractivity contribution in [3.05, 3.63) is 0 Å². The molecule has 0 radical (unpaired) electrons. The quantitative estimate of drug-likeness (QED) is 0.829. The molecule has 5 nitrogen and oxygen atoms in total. The van der Waals surface area contributed by atoms with E-state index in [2.05, 4.69) is 23.7 Å². The molecule has 2 aliphatic heterocycles. The second-order valence-corrected chi connectivity index (χ2v) is 6.26. The zero-order valence-electron chi connectivity index (χ0n) is 12.5. The molecule has 2 heterocycles. The summed E-state index contributed by atoms with van der Waals surface area (Å²) in [5.41, 5.74) is 5.78. The lowest BCUT2D eigenvalue weighted by atomic mass is 9.87. The van der Waals surface area contributed by atoms with Crippen LogP contribution >= 0.6 is 0 Å². The second-order valence-electron chi connectivity index (χ2n) is 6.26. The van der Waals surface area contributed by atoms with Gasteiger partial charge in [0.2, 0.25) is 0 Å². The van der Waals surface area contributed by atoms with Gasteiger partial charge >= 0.3 is 6.03 Å². The number of nitrogens with zero attached hydrogens (tertiary/aromatic N) is 3. The molecule has 1 fully saturated rings. The fraction of sp³-hybridized carbons (Fsp3) is 0.857. The highest BCUT2D eigenvalue weighted by Crippen LogP contribution is 2.35. The number of aliphatic imine (C=N–C) groups is 1. The summed E-state index contributed by atoms with van der Waals surface area (Å²) in [6.07, 6.45) is 2.88. The highest BCUT2D eigenvalue weighted by molar-refractivity contribution is 6.06. The van der Waals surface area contributed by atoms with E-state index >= 15 is 0 Å². The van der Waals surface area contributed by atoms with Crippen molar-refractivity contribution in [2.24, 2.45) is 10.7 Å². The van der Waals surface area contributed by atoms with Crippen molar-refractivity contribution in [3.63, 3.8) is 0 Å². The minimum atomic E-state index is -0.338. The summed E-state index contributed by atoms with van der Waals surface area (Å²) in [4.78, 5) is 20.5. The average molecular weight is 266 g/mol. The summed E-state index contributed by atoms with van der Waals surface area (Å²) >= 11 is 0. The molecule has 5 heteroatoms. The molecule has 0 aromatic heterocycles. The van der Waals surface area contributed by atoms with Crippen molar-refractivity contribution < 1.29 is 4.79 Å². The first-order valence-electron chi connectivity index (χ1n) is 7.30. The summed E-state index contributed by atoms with van der Waals surface area (Å²) in [7, 11) is 0. The topological polar surface area (TPSA) is 61.9 Å². The predicted octanol–water partition coefficient (Wildman–Crippen LogP) is 1.82. The lowest BCUT2D eigenvalue weighted by molar-refractivity contribution is 0.133. The molecule has 0 bridgehead atoms. The van der Waals surface area contributed by atoms with Gasteiger partial charge in [-0.1, -0.05) is 0 Å². The van der Waals surface area contributed by atoms with Crippen LogP contribution in [0.1, 0.15) is 47.0 Å². The Morgan fingerprint density at radius 3 is 2.42 bits per heavy atom. The molecular weight excluding hydrogens is 240 g/mol. The van der Waals surface area contributed by atoms with E-state index in [1.165, 1.54) is 0 Å². The van der Waals surface area contributed by atoms with Gasteiger partial charge in [-0.25, -0.2) is 4.79 Å². The first kappa shape index (κ1) is 14.3. The van der Waals surface area contributed by atoms with Gasteiger partial charge in [-0.15, -0.1) is 0 Å². The Balaban J connectivity index is 2.25. The summed E-state index contributed by atoms with van der Waals surface area (Å²) in [5.74, 6) is 0.525. The minimum Gasteiger partial charge on any atom is -0.385 e. The number of amides is 2. The van der Waals surface area contributed by atoms with Gasteiger partial charge in [-0.05, 0) is 53.5 Å². The SMILES string of the molecule is CC(C)N1CCCC2(CC1)C(N)=NC(=O)N2C(C)C. The Morgan fingerprint density at radius 1 is 1.16 bits per heavy atom. The Kier molecular flexibility index (Phi) is 3.85. The Morgan fingerprint density at radius 2 is 1.84 bits per heavy atom. The summed E-state index contributed by atoms with van der Waals surface area (Å²) in [5, 5.41) is 0. The van der Waals surface area contributed by atoms with E-state index in [1.54, 1.807) is 0 Å². The Labute approximate surface area is 115 Å². The van der Waals surface area contributed by atoms with Crippen LogP contribution in [0.15, 0.2) is 4.99 Å². The van der Waals surface area contributed by atoms with Crippen molar-refractivity contribution in [3.8, 4) is 0 Å². The molecule has 2 rings (SSSR count). The van der Waals surface area contributed by atoms with Crippen molar-refractivity contribution in [1.29, 1.82) is 0 Å². The highest BCUT2D eigenvalue weighted by atomic mass is 16.2. The number of carbonyl (C=O) groups is 1. The van der Waals surface area contributed by atoms with E-state index in [0.29, 0.717) is 11.9 Å². The fourth-order valence-electron chi connectivity index (χ4n) is 3.44. The lowest BCUT2D eigenvalue weighted by Gasteiger charge is -2.40. The number of hydrogen-bond acceptors (Lipinski definition) is 3. The van der Waals surface area contributed by atoms with Crippen molar-refractivity contribution in [1.82, 2.24) is 9.80 Å². The van der Waals surface area contributed by atoms with E-state index in [-0.39, 0.29) is 17.6 Å². The van der Waals surface area contributed by atoms with Crippen LogP contribution in [0.2, 0.25) is 0 Å². The normalized spacial score (nSPS) is 29.5. The molecule has 108 valence electrons. The van der Waals surface area contributed by atoms with E-state index in [0.717, 1.165) is 32.4 Å².